The number of carbonyl (C=O) groups is 1. The maximum atomic E-state index is 14.7. The van der Waals surface area contributed by atoms with Crippen molar-refractivity contribution in [1.29, 1.82) is 0 Å². The number of cyclic esters (lactones) is 1. The summed E-state index contributed by atoms with van der Waals surface area (Å²) in [5.41, 5.74) is -4.12. The molecule has 0 spiro atoms. The first-order chi connectivity index (χ1) is 29.5. The monoisotopic (exact) mass is 965 g/mol. The molecular formula is C47H92N2O14Si2. The third-order valence-corrected chi connectivity index (χ3v) is 15.6. The number of esters is 1. The molecule has 17 unspecified atom stereocenters. The minimum atomic E-state index is -2.22. The van der Waals surface area contributed by atoms with Crippen LogP contribution in [0, 0.1) is 23.7 Å². The molecule has 0 radical (unpaired) electrons. The van der Waals surface area contributed by atoms with Crippen LogP contribution in [0.25, 0.3) is 0 Å². The molecule has 382 valence electrons. The van der Waals surface area contributed by atoms with Gasteiger partial charge in [0, 0.05) is 58.3 Å². The van der Waals surface area contributed by atoms with Gasteiger partial charge in [0.15, 0.2) is 29.2 Å². The molecule has 0 aromatic rings. The van der Waals surface area contributed by atoms with Gasteiger partial charge in [-0.2, -0.15) is 0 Å². The fraction of sp³-hybridized carbons (Fsp3) is 0.957. The smallest absolute Gasteiger partial charge is 0.311 e. The normalized spacial score (nSPS) is 43.0. The summed E-state index contributed by atoms with van der Waals surface area (Å²) in [4.78, 5) is 22.8. The zero-order chi connectivity index (χ0) is 50.0. The van der Waals surface area contributed by atoms with E-state index in [0.29, 0.717) is 12.1 Å². The lowest BCUT2D eigenvalue weighted by molar-refractivity contribution is -0.315. The largest absolute Gasteiger partial charge is 0.459 e. The Kier molecular flexibility index (Phi) is 20.0. The number of rotatable bonds is 14. The van der Waals surface area contributed by atoms with Crippen LogP contribution in [0.15, 0.2) is 5.16 Å². The highest BCUT2D eigenvalue weighted by Gasteiger charge is 2.55. The van der Waals surface area contributed by atoms with Gasteiger partial charge in [-0.3, -0.25) is 4.79 Å². The second kappa shape index (κ2) is 22.3. The van der Waals surface area contributed by atoms with Crippen molar-refractivity contribution in [1.82, 2.24) is 4.90 Å². The van der Waals surface area contributed by atoms with Crippen molar-refractivity contribution in [2.45, 2.75) is 238 Å². The number of ether oxygens (including phenoxy) is 7. The summed E-state index contributed by atoms with van der Waals surface area (Å²) in [6.07, 6.45) is -6.97. The summed E-state index contributed by atoms with van der Waals surface area (Å²) in [6.45, 7) is 34.2. The Hall–Kier alpha value is -1.11. The number of likely N-dealkylation sites (N-methyl/N-ethyl adjacent to an activating group) is 1. The minimum Gasteiger partial charge on any atom is -0.459 e. The molecule has 65 heavy (non-hydrogen) atoms. The quantitative estimate of drug-likeness (QED) is 0.0724. The van der Waals surface area contributed by atoms with E-state index in [1.807, 2.05) is 48.7 Å². The summed E-state index contributed by atoms with van der Waals surface area (Å²) < 4.78 is 59.1. The summed E-state index contributed by atoms with van der Waals surface area (Å²) >= 11 is 0. The number of aliphatic hydroxyl groups excluding tert-OH is 1. The third kappa shape index (κ3) is 15.0. The van der Waals surface area contributed by atoms with Gasteiger partial charge in [0.25, 0.3) is 0 Å². The summed E-state index contributed by atoms with van der Waals surface area (Å²) in [5, 5.41) is 42.0. The maximum absolute atomic E-state index is 14.7. The molecule has 0 amide bonds. The Morgan fingerprint density at radius 1 is 0.846 bits per heavy atom. The topological polar surface area (TPSA) is 186 Å². The predicted octanol–water partition coefficient (Wildman–Crippen LogP) is 6.69. The number of carbonyl (C=O) groups excluding carboxylic acids is 1. The standard InChI is InChI=1S/C47H92N2O14Si2/c1-23-34-47(12,53)39(50)29(4)36(48-63-44(8,9)54-15)27(2)25-45(10,52)40(60-43-38(61-64(17,18)19)33(49(13)14)24-28(3)56-43)30(5)37(31(6)42(51)58-34)59-35-26-46(11,55-16)41(32(7)57-35)62-65(20,21)22/h27-35,37-41,43,50,52-53H,23-26H2,1-22H3/b48-36-/t27?,28?,29?,30?,31?,32?,33?,34-,35?,37?,38?,39?,40?,41?,43?,45?,46?,47?/m1/s1. The number of methoxy groups -OCH3 is 2. The van der Waals surface area contributed by atoms with Crippen LogP contribution >= 0.6 is 0 Å². The van der Waals surface area contributed by atoms with Crippen molar-refractivity contribution in [2.24, 2.45) is 28.8 Å². The second-order valence-corrected chi connectivity index (χ2v) is 31.6. The van der Waals surface area contributed by atoms with E-state index < -0.39 is 124 Å². The number of nitrogens with zero attached hydrogens (tertiary/aromatic N) is 2. The Morgan fingerprint density at radius 3 is 1.94 bits per heavy atom. The van der Waals surface area contributed by atoms with Gasteiger partial charge in [-0.25, -0.2) is 0 Å². The van der Waals surface area contributed by atoms with E-state index in [0.717, 1.165) is 0 Å². The molecule has 3 rings (SSSR count). The van der Waals surface area contributed by atoms with E-state index in [9.17, 15) is 20.1 Å². The molecule has 0 aliphatic carbocycles. The molecule has 0 aromatic heterocycles. The van der Waals surface area contributed by atoms with Crippen molar-refractivity contribution in [3.05, 3.63) is 0 Å². The SMILES string of the molecule is CC[C@H]1OC(=O)C(C)C(OC2CC(C)(OC)C(O[Si](C)(C)C)C(C)O2)C(C)C(OC2OC(C)CC(N(C)C)C2O[Si](C)(C)C)C(C)(O)CC(C)/C(=N/OC(C)(C)OC)C(C)C(O)C1(C)O. The van der Waals surface area contributed by atoms with Gasteiger partial charge in [-0.05, 0) is 114 Å². The Bertz CT molecular complexity index is 1550. The van der Waals surface area contributed by atoms with Crippen molar-refractivity contribution < 1.29 is 67.0 Å². The van der Waals surface area contributed by atoms with E-state index in [1.165, 1.54) is 14.0 Å². The molecule has 3 N–H and O–H groups in total. The zero-order valence-corrected chi connectivity index (χ0v) is 46.2. The van der Waals surface area contributed by atoms with E-state index in [1.54, 1.807) is 48.7 Å². The molecule has 3 saturated heterocycles. The van der Waals surface area contributed by atoms with Gasteiger partial charge in [-0.15, -0.1) is 0 Å². The highest BCUT2D eigenvalue weighted by atomic mass is 28.4. The summed E-state index contributed by atoms with van der Waals surface area (Å²) in [6, 6.07) is -0.0783. The van der Waals surface area contributed by atoms with Crippen LogP contribution in [0.4, 0.5) is 0 Å². The molecule has 18 heteroatoms. The van der Waals surface area contributed by atoms with Crippen LogP contribution in [0.3, 0.4) is 0 Å². The average molecular weight is 965 g/mol. The van der Waals surface area contributed by atoms with Gasteiger partial charge in [0.1, 0.15) is 17.8 Å². The lowest BCUT2D eigenvalue weighted by Crippen LogP contribution is -2.62. The maximum Gasteiger partial charge on any atom is 0.311 e. The molecule has 0 saturated carbocycles. The van der Waals surface area contributed by atoms with E-state index in [2.05, 4.69) is 49.3 Å². The molecular weight excluding hydrogens is 873 g/mol. The molecule has 0 bridgehead atoms. The van der Waals surface area contributed by atoms with Crippen molar-refractivity contribution in [3.8, 4) is 0 Å². The van der Waals surface area contributed by atoms with Gasteiger partial charge in [0.2, 0.25) is 5.79 Å². The average Bonchev–Trinajstić information content (AvgIpc) is 3.17. The van der Waals surface area contributed by atoms with Gasteiger partial charge in [-0.1, -0.05) is 32.9 Å². The predicted molar refractivity (Wildman–Crippen MR) is 255 cm³/mol. The minimum absolute atomic E-state index is 0.0346. The Morgan fingerprint density at radius 2 is 1.43 bits per heavy atom. The lowest BCUT2D eigenvalue weighted by Gasteiger charge is -2.51. The van der Waals surface area contributed by atoms with Crippen molar-refractivity contribution in [2.75, 3.05) is 28.3 Å². The van der Waals surface area contributed by atoms with Gasteiger partial charge >= 0.3 is 5.97 Å². The molecule has 0 aromatic carbocycles. The summed E-state index contributed by atoms with van der Waals surface area (Å²) in [7, 11) is 2.90. The van der Waals surface area contributed by atoms with Gasteiger partial charge in [0.05, 0.1) is 59.5 Å². The molecule has 3 aliphatic rings. The first-order valence-corrected chi connectivity index (χ1v) is 30.7. The van der Waals surface area contributed by atoms with E-state index in [-0.39, 0.29) is 31.4 Å². The van der Waals surface area contributed by atoms with Gasteiger partial charge < -0.3 is 67.1 Å². The van der Waals surface area contributed by atoms with E-state index >= 15 is 0 Å². The highest BCUT2D eigenvalue weighted by molar-refractivity contribution is 6.70. The molecule has 16 nitrogen and oxygen atoms in total. The van der Waals surface area contributed by atoms with Crippen LogP contribution in [0.2, 0.25) is 39.3 Å². The Labute approximate surface area is 394 Å². The van der Waals surface area contributed by atoms with E-state index in [4.69, 9.17) is 46.8 Å². The van der Waals surface area contributed by atoms with Crippen molar-refractivity contribution in [3.63, 3.8) is 0 Å². The fourth-order valence-corrected chi connectivity index (χ4v) is 12.2. The highest BCUT2D eigenvalue weighted by Crippen LogP contribution is 2.42. The van der Waals surface area contributed by atoms with Crippen LogP contribution < -0.4 is 0 Å². The van der Waals surface area contributed by atoms with Crippen LogP contribution in [-0.4, -0.2) is 167 Å². The lowest BCUT2D eigenvalue weighted by atomic mass is 9.73. The number of aliphatic hydroxyl groups is 3. The number of hydrogen-bond acceptors (Lipinski definition) is 16. The first-order valence-electron chi connectivity index (χ1n) is 23.9. The zero-order valence-electron chi connectivity index (χ0n) is 44.2. The Balaban J connectivity index is 2.35. The van der Waals surface area contributed by atoms with Crippen LogP contribution in [-0.2, 0) is 51.6 Å². The van der Waals surface area contributed by atoms with Crippen molar-refractivity contribution >= 4 is 28.3 Å². The number of oxime groups is 1. The molecule has 3 aliphatic heterocycles. The number of hydrogen-bond donors (Lipinski definition) is 3. The van der Waals surface area contributed by atoms with Crippen LogP contribution in [0.5, 0.6) is 0 Å². The summed E-state index contributed by atoms with van der Waals surface area (Å²) in [5.74, 6) is -5.02. The van der Waals surface area contributed by atoms with Crippen LogP contribution in [0.1, 0.15) is 109 Å². The molecule has 3 heterocycles. The third-order valence-electron chi connectivity index (χ3n) is 13.6. The molecule has 3 fully saturated rings. The molecule has 18 atom stereocenters. The fourth-order valence-electron chi connectivity index (χ4n) is 9.90. The first kappa shape index (κ1) is 58.2. The second-order valence-electron chi connectivity index (χ2n) is 22.7.